The maximum atomic E-state index is 11.3. The molecular formula is C10H15NO3. The lowest BCUT2D eigenvalue weighted by atomic mass is 9.79. The van der Waals surface area contributed by atoms with Gasteiger partial charge in [0.1, 0.15) is 6.04 Å². The molecule has 1 atom stereocenters. The van der Waals surface area contributed by atoms with E-state index in [4.69, 9.17) is 10.2 Å². The topological polar surface area (TPSA) is 65.5 Å². The second-order valence-corrected chi connectivity index (χ2v) is 3.73. The fourth-order valence-electron chi connectivity index (χ4n) is 1.23. The molecule has 0 fully saturated rings. The van der Waals surface area contributed by atoms with Gasteiger partial charge < -0.3 is 14.9 Å². The van der Waals surface area contributed by atoms with E-state index in [2.05, 4.69) is 4.74 Å². The van der Waals surface area contributed by atoms with Crippen molar-refractivity contribution in [2.75, 3.05) is 7.11 Å². The smallest absolute Gasteiger partial charge is 0.323 e. The lowest BCUT2D eigenvalue weighted by Crippen LogP contribution is -2.47. The Morgan fingerprint density at radius 1 is 1.64 bits per heavy atom. The van der Waals surface area contributed by atoms with Crippen LogP contribution in [-0.2, 0) is 14.9 Å². The molecule has 0 saturated carbocycles. The van der Waals surface area contributed by atoms with Crippen molar-refractivity contribution in [2.24, 2.45) is 5.73 Å². The molecule has 0 aliphatic heterocycles. The molecule has 0 aliphatic carbocycles. The van der Waals surface area contributed by atoms with Gasteiger partial charge in [0.25, 0.3) is 0 Å². The van der Waals surface area contributed by atoms with E-state index in [9.17, 15) is 4.79 Å². The van der Waals surface area contributed by atoms with Gasteiger partial charge in [-0.1, -0.05) is 13.8 Å². The Morgan fingerprint density at radius 2 is 2.29 bits per heavy atom. The molecule has 0 amide bonds. The molecular weight excluding hydrogens is 182 g/mol. The van der Waals surface area contributed by atoms with Gasteiger partial charge in [-0.25, -0.2) is 0 Å². The molecule has 2 N–H and O–H groups in total. The van der Waals surface area contributed by atoms with E-state index in [0.29, 0.717) is 0 Å². The van der Waals surface area contributed by atoms with Crippen LogP contribution >= 0.6 is 0 Å². The standard InChI is InChI=1S/C10H15NO3/c1-10(2,7-4-5-14-6-7)8(11)9(12)13-3/h4-6,8H,11H2,1-3H3. The summed E-state index contributed by atoms with van der Waals surface area (Å²) in [6, 6.07) is 1.10. The van der Waals surface area contributed by atoms with Crippen LogP contribution in [0.1, 0.15) is 19.4 Å². The molecule has 4 heteroatoms. The van der Waals surface area contributed by atoms with Crippen LogP contribution < -0.4 is 5.73 Å². The van der Waals surface area contributed by atoms with E-state index >= 15 is 0 Å². The monoisotopic (exact) mass is 197 g/mol. The minimum absolute atomic E-state index is 0.420. The number of hydrogen-bond donors (Lipinski definition) is 1. The van der Waals surface area contributed by atoms with Gasteiger partial charge in [0, 0.05) is 5.41 Å². The van der Waals surface area contributed by atoms with E-state index in [1.54, 1.807) is 18.6 Å². The number of rotatable bonds is 3. The minimum atomic E-state index is -0.690. The van der Waals surface area contributed by atoms with Crippen LogP contribution in [0.15, 0.2) is 23.0 Å². The molecule has 14 heavy (non-hydrogen) atoms. The molecule has 1 aromatic rings. The zero-order valence-electron chi connectivity index (χ0n) is 8.61. The molecule has 0 aliphatic rings. The van der Waals surface area contributed by atoms with Crippen LogP contribution in [0, 0.1) is 0 Å². The van der Waals surface area contributed by atoms with Crippen molar-refractivity contribution in [1.82, 2.24) is 0 Å². The highest BCUT2D eigenvalue weighted by Gasteiger charge is 2.35. The molecule has 78 valence electrons. The number of esters is 1. The van der Waals surface area contributed by atoms with Crippen LogP contribution in [0.2, 0.25) is 0 Å². The molecule has 4 nitrogen and oxygen atoms in total. The second kappa shape index (κ2) is 3.84. The lowest BCUT2D eigenvalue weighted by Gasteiger charge is -2.28. The molecule has 0 radical (unpaired) electrons. The third-order valence-electron chi connectivity index (χ3n) is 2.50. The lowest BCUT2D eigenvalue weighted by molar-refractivity contribution is -0.143. The molecule has 0 bridgehead atoms. The van der Waals surface area contributed by atoms with Gasteiger partial charge in [0.05, 0.1) is 19.6 Å². The van der Waals surface area contributed by atoms with Crippen molar-refractivity contribution in [3.8, 4) is 0 Å². The third-order valence-corrected chi connectivity index (χ3v) is 2.50. The van der Waals surface area contributed by atoms with Gasteiger partial charge in [-0.3, -0.25) is 4.79 Å². The number of ether oxygens (including phenoxy) is 1. The SMILES string of the molecule is COC(=O)C(N)C(C)(C)c1ccoc1. The normalized spacial score (nSPS) is 13.7. The summed E-state index contributed by atoms with van der Waals surface area (Å²) in [6.45, 7) is 3.75. The molecule has 1 aromatic heterocycles. The Morgan fingerprint density at radius 3 is 2.71 bits per heavy atom. The fraction of sp³-hybridized carbons (Fsp3) is 0.500. The third kappa shape index (κ3) is 1.80. The molecule has 1 rings (SSSR count). The highest BCUT2D eigenvalue weighted by Crippen LogP contribution is 2.26. The maximum absolute atomic E-state index is 11.3. The second-order valence-electron chi connectivity index (χ2n) is 3.73. The van der Waals surface area contributed by atoms with Gasteiger partial charge in [-0.2, -0.15) is 0 Å². The number of furan rings is 1. The summed E-state index contributed by atoms with van der Waals surface area (Å²) in [6.07, 6.45) is 3.14. The van der Waals surface area contributed by atoms with Crippen molar-refractivity contribution in [3.63, 3.8) is 0 Å². The Bertz CT molecular complexity index is 303. The minimum Gasteiger partial charge on any atom is -0.472 e. The zero-order valence-corrected chi connectivity index (χ0v) is 8.61. The van der Waals surface area contributed by atoms with Crippen molar-refractivity contribution in [1.29, 1.82) is 0 Å². The van der Waals surface area contributed by atoms with Crippen LogP contribution in [0.3, 0.4) is 0 Å². The predicted molar refractivity (Wildman–Crippen MR) is 51.7 cm³/mol. The number of nitrogens with two attached hydrogens (primary N) is 1. The zero-order chi connectivity index (χ0) is 10.8. The number of carbonyl (C=O) groups excluding carboxylic acids is 1. The first-order chi connectivity index (χ1) is 6.50. The van der Waals surface area contributed by atoms with E-state index in [0.717, 1.165) is 5.56 Å². The molecule has 0 aromatic carbocycles. The van der Waals surface area contributed by atoms with E-state index in [1.165, 1.54) is 7.11 Å². The first-order valence-electron chi connectivity index (χ1n) is 4.36. The van der Waals surface area contributed by atoms with Gasteiger partial charge in [0.2, 0.25) is 0 Å². The van der Waals surface area contributed by atoms with Gasteiger partial charge in [0.15, 0.2) is 0 Å². The first-order valence-corrected chi connectivity index (χ1v) is 4.36. The van der Waals surface area contributed by atoms with Crippen LogP contribution in [0.5, 0.6) is 0 Å². The molecule has 0 spiro atoms. The van der Waals surface area contributed by atoms with Gasteiger partial charge in [-0.15, -0.1) is 0 Å². The van der Waals surface area contributed by atoms with E-state index in [-0.39, 0.29) is 0 Å². The van der Waals surface area contributed by atoms with Crippen LogP contribution in [0.4, 0.5) is 0 Å². The average Bonchev–Trinajstić information content (AvgIpc) is 2.68. The Labute approximate surface area is 83.0 Å². The maximum Gasteiger partial charge on any atom is 0.323 e. The van der Waals surface area contributed by atoms with E-state index in [1.807, 2.05) is 13.8 Å². The number of hydrogen-bond acceptors (Lipinski definition) is 4. The number of carbonyl (C=O) groups is 1. The van der Waals surface area contributed by atoms with E-state index < -0.39 is 17.4 Å². The summed E-state index contributed by atoms with van der Waals surface area (Å²) < 4.78 is 9.56. The van der Waals surface area contributed by atoms with Crippen molar-refractivity contribution < 1.29 is 13.9 Å². The van der Waals surface area contributed by atoms with Gasteiger partial charge >= 0.3 is 5.97 Å². The molecule has 1 unspecified atom stereocenters. The molecule has 1 heterocycles. The summed E-state index contributed by atoms with van der Waals surface area (Å²) in [7, 11) is 1.33. The highest BCUT2D eigenvalue weighted by atomic mass is 16.5. The summed E-state index contributed by atoms with van der Waals surface area (Å²) >= 11 is 0. The quantitative estimate of drug-likeness (QED) is 0.736. The van der Waals surface area contributed by atoms with Gasteiger partial charge in [-0.05, 0) is 11.6 Å². The fourth-order valence-corrected chi connectivity index (χ4v) is 1.23. The predicted octanol–water partition coefficient (Wildman–Crippen LogP) is 1.06. The number of methoxy groups -OCH3 is 1. The Kier molecular flexibility index (Phi) is 2.96. The summed E-state index contributed by atoms with van der Waals surface area (Å²) in [4.78, 5) is 11.3. The molecule has 0 saturated heterocycles. The highest BCUT2D eigenvalue weighted by molar-refractivity contribution is 5.77. The first kappa shape index (κ1) is 10.8. The van der Waals surface area contributed by atoms with Crippen LogP contribution in [-0.4, -0.2) is 19.1 Å². The van der Waals surface area contributed by atoms with Crippen molar-refractivity contribution >= 4 is 5.97 Å². The summed E-state index contributed by atoms with van der Waals surface area (Å²) in [5.41, 5.74) is 6.18. The van der Waals surface area contributed by atoms with Crippen molar-refractivity contribution in [3.05, 3.63) is 24.2 Å². The Hall–Kier alpha value is -1.29. The van der Waals surface area contributed by atoms with Crippen LogP contribution in [0.25, 0.3) is 0 Å². The Balaban J connectivity index is 2.90. The average molecular weight is 197 g/mol. The summed E-state index contributed by atoms with van der Waals surface area (Å²) in [5, 5.41) is 0. The largest absolute Gasteiger partial charge is 0.472 e. The van der Waals surface area contributed by atoms with Crippen molar-refractivity contribution in [2.45, 2.75) is 25.3 Å². The summed E-state index contributed by atoms with van der Waals surface area (Å²) in [5.74, 6) is -0.420.